The van der Waals surface area contributed by atoms with E-state index in [0.29, 0.717) is 19.1 Å². The molecule has 0 spiro atoms. The molecular weight excluding hydrogens is 270 g/mol. The van der Waals surface area contributed by atoms with Crippen LogP contribution in [0.15, 0.2) is 0 Å². The highest BCUT2D eigenvalue weighted by Gasteiger charge is 2.36. The van der Waals surface area contributed by atoms with E-state index < -0.39 is 17.4 Å². The van der Waals surface area contributed by atoms with Crippen LogP contribution in [0.5, 0.6) is 0 Å². The molecule has 2 saturated heterocycles. The maximum atomic E-state index is 12.3. The number of carbonyl (C=O) groups is 2. The van der Waals surface area contributed by atoms with Gasteiger partial charge in [0.25, 0.3) is 0 Å². The summed E-state index contributed by atoms with van der Waals surface area (Å²) >= 11 is 0. The van der Waals surface area contributed by atoms with E-state index in [1.807, 2.05) is 20.8 Å². The molecule has 2 rings (SSSR count). The molecule has 2 aliphatic heterocycles. The van der Waals surface area contributed by atoms with E-state index in [-0.39, 0.29) is 6.03 Å². The molecule has 6 nitrogen and oxygen atoms in total. The zero-order valence-electron chi connectivity index (χ0n) is 13.3. The average molecular weight is 297 g/mol. The van der Waals surface area contributed by atoms with Crippen molar-refractivity contribution in [3.63, 3.8) is 0 Å². The van der Waals surface area contributed by atoms with Gasteiger partial charge in [-0.3, -0.25) is 4.90 Å². The largest absolute Gasteiger partial charge is 0.480 e. The highest BCUT2D eigenvalue weighted by atomic mass is 16.4. The lowest BCUT2D eigenvalue weighted by Crippen LogP contribution is -2.53. The first-order valence-electron chi connectivity index (χ1n) is 7.81. The quantitative estimate of drug-likeness (QED) is 0.825. The molecule has 0 aromatic carbocycles. The summed E-state index contributed by atoms with van der Waals surface area (Å²) in [7, 11) is 0. The fourth-order valence-electron chi connectivity index (χ4n) is 3.19. The van der Waals surface area contributed by atoms with Gasteiger partial charge in [-0.2, -0.15) is 0 Å². The van der Waals surface area contributed by atoms with Gasteiger partial charge in [0.15, 0.2) is 0 Å². The molecule has 2 N–H and O–H groups in total. The number of hydrogen-bond acceptors (Lipinski definition) is 3. The highest BCUT2D eigenvalue weighted by Crippen LogP contribution is 2.22. The summed E-state index contributed by atoms with van der Waals surface area (Å²) in [4.78, 5) is 27.8. The Hall–Kier alpha value is -1.30. The van der Waals surface area contributed by atoms with Crippen LogP contribution >= 0.6 is 0 Å². The van der Waals surface area contributed by atoms with Gasteiger partial charge in [-0.1, -0.05) is 20.8 Å². The fourth-order valence-corrected chi connectivity index (χ4v) is 3.19. The fraction of sp³-hybridized carbons (Fsp3) is 0.867. The summed E-state index contributed by atoms with van der Waals surface area (Å²) in [6.45, 7) is 9.14. The number of nitrogens with one attached hydrogen (secondary N) is 1. The van der Waals surface area contributed by atoms with Crippen molar-refractivity contribution in [2.24, 2.45) is 5.41 Å². The number of rotatable bonds is 3. The molecule has 2 heterocycles. The van der Waals surface area contributed by atoms with Crippen molar-refractivity contribution in [1.29, 1.82) is 0 Å². The SMILES string of the molecule is CC(C)(C)[C@H](NC(=O)N1CCC(N2CCCC2)C1)C(=O)O. The van der Waals surface area contributed by atoms with Gasteiger partial charge in [0.05, 0.1) is 0 Å². The third-order valence-corrected chi connectivity index (χ3v) is 4.49. The van der Waals surface area contributed by atoms with Gasteiger partial charge in [0.2, 0.25) is 0 Å². The number of amides is 2. The molecule has 6 heteroatoms. The van der Waals surface area contributed by atoms with Crippen molar-refractivity contribution in [2.45, 2.75) is 52.1 Å². The monoisotopic (exact) mass is 297 g/mol. The van der Waals surface area contributed by atoms with Crippen molar-refractivity contribution in [2.75, 3.05) is 26.2 Å². The second kappa shape index (κ2) is 6.22. The van der Waals surface area contributed by atoms with Crippen molar-refractivity contribution in [3.8, 4) is 0 Å². The van der Waals surface area contributed by atoms with Gasteiger partial charge in [0.1, 0.15) is 6.04 Å². The van der Waals surface area contributed by atoms with Crippen LogP contribution in [-0.2, 0) is 4.79 Å². The Morgan fingerprint density at radius 2 is 1.81 bits per heavy atom. The highest BCUT2D eigenvalue weighted by molar-refractivity contribution is 5.83. The minimum absolute atomic E-state index is 0.251. The lowest BCUT2D eigenvalue weighted by atomic mass is 9.87. The van der Waals surface area contributed by atoms with Crippen molar-refractivity contribution in [1.82, 2.24) is 15.1 Å². The molecule has 0 aliphatic carbocycles. The van der Waals surface area contributed by atoms with E-state index in [2.05, 4.69) is 10.2 Å². The summed E-state index contributed by atoms with van der Waals surface area (Å²) in [6.07, 6.45) is 3.47. The van der Waals surface area contributed by atoms with E-state index in [0.717, 1.165) is 19.5 Å². The first-order valence-corrected chi connectivity index (χ1v) is 7.81. The molecule has 0 aromatic rings. The molecule has 120 valence electrons. The van der Waals surface area contributed by atoms with Crippen LogP contribution in [0.25, 0.3) is 0 Å². The van der Waals surface area contributed by atoms with Crippen LogP contribution in [0.1, 0.15) is 40.0 Å². The molecular formula is C15H27N3O3. The lowest BCUT2D eigenvalue weighted by molar-refractivity contribution is -0.142. The molecule has 1 unspecified atom stereocenters. The molecule has 21 heavy (non-hydrogen) atoms. The van der Waals surface area contributed by atoms with Crippen LogP contribution in [0, 0.1) is 5.41 Å². The van der Waals surface area contributed by atoms with Gasteiger partial charge in [-0.15, -0.1) is 0 Å². The molecule has 0 saturated carbocycles. The van der Waals surface area contributed by atoms with Gasteiger partial charge < -0.3 is 15.3 Å². The molecule has 2 fully saturated rings. The van der Waals surface area contributed by atoms with Crippen LogP contribution < -0.4 is 5.32 Å². The van der Waals surface area contributed by atoms with E-state index in [9.17, 15) is 14.7 Å². The Bertz CT molecular complexity index is 399. The number of nitrogens with zero attached hydrogens (tertiary/aromatic N) is 2. The van der Waals surface area contributed by atoms with E-state index >= 15 is 0 Å². The average Bonchev–Trinajstić information content (AvgIpc) is 3.03. The molecule has 2 amide bonds. The van der Waals surface area contributed by atoms with Gasteiger partial charge in [-0.25, -0.2) is 9.59 Å². The predicted molar refractivity (Wildman–Crippen MR) is 80.2 cm³/mol. The van der Waals surface area contributed by atoms with Crippen LogP contribution in [0.3, 0.4) is 0 Å². The molecule has 0 radical (unpaired) electrons. The summed E-state index contributed by atoms with van der Waals surface area (Å²) in [5.74, 6) is -0.980. The summed E-state index contributed by atoms with van der Waals surface area (Å²) in [5.41, 5.74) is -0.504. The lowest BCUT2D eigenvalue weighted by Gasteiger charge is -2.30. The standard InChI is InChI=1S/C15H27N3O3/c1-15(2,3)12(13(19)20)16-14(21)18-9-6-11(10-18)17-7-4-5-8-17/h11-12H,4-10H2,1-3H3,(H,16,21)(H,19,20)/t11?,12-/m1/s1. The Labute approximate surface area is 126 Å². The van der Waals surface area contributed by atoms with E-state index in [1.165, 1.54) is 12.8 Å². The second-order valence-corrected chi connectivity index (χ2v) is 7.22. The van der Waals surface area contributed by atoms with Crippen LogP contribution in [0.2, 0.25) is 0 Å². The minimum Gasteiger partial charge on any atom is -0.480 e. The molecule has 2 aliphatic rings. The van der Waals surface area contributed by atoms with Gasteiger partial charge in [-0.05, 0) is 37.8 Å². The number of carboxylic acid groups (broad SMARTS) is 1. The molecule has 0 bridgehead atoms. The maximum Gasteiger partial charge on any atom is 0.326 e. The smallest absolute Gasteiger partial charge is 0.326 e. The Morgan fingerprint density at radius 1 is 1.19 bits per heavy atom. The van der Waals surface area contributed by atoms with E-state index in [1.54, 1.807) is 4.90 Å². The number of carbonyl (C=O) groups excluding carboxylic acids is 1. The van der Waals surface area contributed by atoms with Crippen molar-refractivity contribution in [3.05, 3.63) is 0 Å². The topological polar surface area (TPSA) is 72.9 Å². The Kier molecular flexibility index (Phi) is 4.76. The summed E-state index contributed by atoms with van der Waals surface area (Å²) in [6, 6.07) is -0.675. The maximum absolute atomic E-state index is 12.3. The van der Waals surface area contributed by atoms with Crippen molar-refractivity contribution < 1.29 is 14.7 Å². The third kappa shape index (κ3) is 3.87. The Balaban J connectivity index is 1.90. The molecule has 0 aromatic heterocycles. The zero-order valence-corrected chi connectivity index (χ0v) is 13.3. The zero-order chi connectivity index (χ0) is 15.6. The molecule has 2 atom stereocenters. The second-order valence-electron chi connectivity index (χ2n) is 7.22. The minimum atomic E-state index is -0.980. The number of hydrogen-bond donors (Lipinski definition) is 2. The van der Waals surface area contributed by atoms with Gasteiger partial charge >= 0.3 is 12.0 Å². The number of aliphatic carboxylic acids is 1. The first-order chi connectivity index (χ1) is 9.79. The Morgan fingerprint density at radius 3 is 2.33 bits per heavy atom. The van der Waals surface area contributed by atoms with E-state index in [4.69, 9.17) is 0 Å². The first kappa shape index (κ1) is 16.1. The predicted octanol–water partition coefficient (Wildman–Crippen LogP) is 1.37. The van der Waals surface area contributed by atoms with Gasteiger partial charge in [0, 0.05) is 19.1 Å². The third-order valence-electron chi connectivity index (χ3n) is 4.49. The normalized spacial score (nSPS) is 25.1. The van der Waals surface area contributed by atoms with Crippen LogP contribution in [0.4, 0.5) is 4.79 Å². The number of urea groups is 1. The van der Waals surface area contributed by atoms with Crippen molar-refractivity contribution >= 4 is 12.0 Å². The number of likely N-dealkylation sites (tertiary alicyclic amines) is 2. The van der Waals surface area contributed by atoms with Crippen LogP contribution in [-0.4, -0.2) is 65.2 Å². The summed E-state index contributed by atoms with van der Waals surface area (Å²) in [5, 5.41) is 12.0. The number of carboxylic acids is 1. The summed E-state index contributed by atoms with van der Waals surface area (Å²) < 4.78 is 0.